The molecule has 0 atom stereocenters. The first-order valence-electron chi connectivity index (χ1n) is 7.17. The van der Waals surface area contributed by atoms with Gasteiger partial charge in [-0.3, -0.25) is 0 Å². The maximum Gasteiger partial charge on any atom is 0.0587 e. The third-order valence-electron chi connectivity index (χ3n) is 3.34. The van der Waals surface area contributed by atoms with Crippen molar-refractivity contribution in [3.05, 3.63) is 0 Å². The fourth-order valence-corrected chi connectivity index (χ4v) is 2.05. The van der Waals surface area contributed by atoms with Crippen LogP contribution in [0.25, 0.3) is 0 Å². The standard InChI is InChI=1S/C14H30N2O/c1-13(2)7-11-16(14-5-6-14)10-4-8-15-9-12-17-3/h13-15H,4-12H2,1-3H3. The summed E-state index contributed by atoms with van der Waals surface area (Å²) in [4.78, 5) is 2.69. The van der Waals surface area contributed by atoms with Crippen molar-refractivity contribution >= 4 is 0 Å². The predicted octanol–water partition coefficient (Wildman–Crippen LogP) is 2.12. The third kappa shape index (κ3) is 7.74. The van der Waals surface area contributed by atoms with E-state index in [1.54, 1.807) is 7.11 Å². The summed E-state index contributed by atoms with van der Waals surface area (Å²) in [7, 11) is 1.75. The molecule has 0 saturated heterocycles. The Hall–Kier alpha value is -0.120. The van der Waals surface area contributed by atoms with Crippen LogP contribution >= 0.6 is 0 Å². The van der Waals surface area contributed by atoms with E-state index in [4.69, 9.17) is 4.74 Å². The van der Waals surface area contributed by atoms with Crippen LogP contribution in [0.2, 0.25) is 0 Å². The summed E-state index contributed by atoms with van der Waals surface area (Å²) in [5.41, 5.74) is 0. The normalized spacial score (nSPS) is 16.1. The van der Waals surface area contributed by atoms with Crippen molar-refractivity contribution in [2.24, 2.45) is 5.92 Å². The molecule has 1 saturated carbocycles. The lowest BCUT2D eigenvalue weighted by Crippen LogP contribution is -2.31. The Morgan fingerprint density at radius 1 is 1.24 bits per heavy atom. The summed E-state index contributed by atoms with van der Waals surface area (Å²) in [5.74, 6) is 0.830. The lowest BCUT2D eigenvalue weighted by molar-refractivity contribution is 0.197. The van der Waals surface area contributed by atoms with Gasteiger partial charge in [-0.25, -0.2) is 0 Å². The minimum absolute atomic E-state index is 0.819. The smallest absolute Gasteiger partial charge is 0.0587 e. The van der Waals surface area contributed by atoms with E-state index in [1.165, 1.54) is 38.8 Å². The van der Waals surface area contributed by atoms with Crippen LogP contribution in [0.3, 0.4) is 0 Å². The number of hydrogen-bond donors (Lipinski definition) is 1. The highest BCUT2D eigenvalue weighted by molar-refractivity contribution is 4.84. The summed E-state index contributed by atoms with van der Waals surface area (Å²) in [6, 6.07) is 0.910. The van der Waals surface area contributed by atoms with E-state index in [-0.39, 0.29) is 0 Å². The van der Waals surface area contributed by atoms with Crippen molar-refractivity contribution in [3.8, 4) is 0 Å². The molecule has 0 amide bonds. The van der Waals surface area contributed by atoms with Crippen LogP contribution in [0.5, 0.6) is 0 Å². The fourth-order valence-electron chi connectivity index (χ4n) is 2.05. The Labute approximate surface area is 107 Å². The van der Waals surface area contributed by atoms with Crippen LogP contribution < -0.4 is 5.32 Å². The molecule has 0 bridgehead atoms. The van der Waals surface area contributed by atoms with Gasteiger partial charge < -0.3 is 15.0 Å². The van der Waals surface area contributed by atoms with Gasteiger partial charge in [0, 0.05) is 19.7 Å². The van der Waals surface area contributed by atoms with E-state index in [2.05, 4.69) is 24.1 Å². The first-order chi connectivity index (χ1) is 8.24. The molecule has 0 heterocycles. The Morgan fingerprint density at radius 2 is 2.00 bits per heavy atom. The SMILES string of the molecule is COCCNCCCN(CCC(C)C)C1CC1. The summed E-state index contributed by atoms with van der Waals surface area (Å²) in [6.07, 6.45) is 5.45. The van der Waals surface area contributed by atoms with Gasteiger partial charge >= 0.3 is 0 Å². The number of hydrogen-bond acceptors (Lipinski definition) is 3. The van der Waals surface area contributed by atoms with E-state index < -0.39 is 0 Å². The highest BCUT2D eigenvalue weighted by Gasteiger charge is 2.27. The molecule has 0 aromatic heterocycles. The van der Waals surface area contributed by atoms with Gasteiger partial charge in [-0.15, -0.1) is 0 Å². The molecule has 1 N–H and O–H groups in total. The molecule has 0 aromatic rings. The molecule has 0 spiro atoms. The van der Waals surface area contributed by atoms with E-state index in [1.807, 2.05) is 0 Å². The van der Waals surface area contributed by atoms with Crippen molar-refractivity contribution in [2.45, 2.75) is 45.6 Å². The van der Waals surface area contributed by atoms with Gasteiger partial charge in [-0.1, -0.05) is 13.8 Å². The monoisotopic (exact) mass is 242 g/mol. The molecule has 1 fully saturated rings. The van der Waals surface area contributed by atoms with E-state index in [0.29, 0.717) is 0 Å². The van der Waals surface area contributed by atoms with Gasteiger partial charge in [0.05, 0.1) is 6.61 Å². The summed E-state index contributed by atoms with van der Waals surface area (Å²) in [6.45, 7) is 10.1. The Balaban J connectivity index is 2.00. The van der Waals surface area contributed by atoms with Crippen molar-refractivity contribution in [3.63, 3.8) is 0 Å². The Bertz CT molecular complexity index is 181. The second-order valence-corrected chi connectivity index (χ2v) is 5.55. The van der Waals surface area contributed by atoms with E-state index in [0.717, 1.165) is 31.7 Å². The highest BCUT2D eigenvalue weighted by atomic mass is 16.5. The average molecular weight is 242 g/mol. The molecule has 1 rings (SSSR count). The largest absolute Gasteiger partial charge is 0.383 e. The topological polar surface area (TPSA) is 24.5 Å². The lowest BCUT2D eigenvalue weighted by Gasteiger charge is -2.22. The zero-order valence-electron chi connectivity index (χ0n) is 11.9. The summed E-state index contributed by atoms with van der Waals surface area (Å²) < 4.78 is 5.01. The molecule has 17 heavy (non-hydrogen) atoms. The molecule has 3 nitrogen and oxygen atoms in total. The Kier molecular flexibility index (Phi) is 7.82. The minimum atomic E-state index is 0.819. The second kappa shape index (κ2) is 8.90. The predicted molar refractivity (Wildman–Crippen MR) is 73.4 cm³/mol. The quantitative estimate of drug-likeness (QED) is 0.562. The summed E-state index contributed by atoms with van der Waals surface area (Å²) in [5, 5.41) is 3.41. The van der Waals surface area contributed by atoms with Gasteiger partial charge in [0.2, 0.25) is 0 Å². The van der Waals surface area contributed by atoms with Gasteiger partial charge in [-0.2, -0.15) is 0 Å². The molecule has 3 heteroatoms. The van der Waals surface area contributed by atoms with Crippen LogP contribution in [-0.4, -0.2) is 50.8 Å². The first-order valence-corrected chi connectivity index (χ1v) is 7.17. The maximum atomic E-state index is 5.01. The second-order valence-electron chi connectivity index (χ2n) is 5.55. The molecular weight excluding hydrogens is 212 g/mol. The zero-order chi connectivity index (χ0) is 12.5. The molecule has 0 aromatic carbocycles. The van der Waals surface area contributed by atoms with E-state index >= 15 is 0 Å². The molecule has 0 unspecified atom stereocenters. The van der Waals surface area contributed by atoms with Gasteiger partial charge in [0.1, 0.15) is 0 Å². The fraction of sp³-hybridized carbons (Fsp3) is 1.00. The summed E-state index contributed by atoms with van der Waals surface area (Å²) >= 11 is 0. The van der Waals surface area contributed by atoms with Crippen LogP contribution in [-0.2, 0) is 4.74 Å². The molecule has 102 valence electrons. The third-order valence-corrected chi connectivity index (χ3v) is 3.34. The number of rotatable bonds is 11. The number of methoxy groups -OCH3 is 1. The van der Waals surface area contributed by atoms with Crippen LogP contribution in [0.15, 0.2) is 0 Å². The van der Waals surface area contributed by atoms with Crippen molar-refractivity contribution in [2.75, 3.05) is 39.9 Å². The van der Waals surface area contributed by atoms with Crippen molar-refractivity contribution in [1.82, 2.24) is 10.2 Å². The molecular formula is C14H30N2O. The number of nitrogens with one attached hydrogen (secondary N) is 1. The zero-order valence-corrected chi connectivity index (χ0v) is 11.9. The van der Waals surface area contributed by atoms with Crippen LogP contribution in [0, 0.1) is 5.92 Å². The van der Waals surface area contributed by atoms with Crippen LogP contribution in [0.4, 0.5) is 0 Å². The van der Waals surface area contributed by atoms with Crippen LogP contribution in [0.1, 0.15) is 39.5 Å². The van der Waals surface area contributed by atoms with E-state index in [9.17, 15) is 0 Å². The highest BCUT2D eigenvalue weighted by Crippen LogP contribution is 2.27. The number of nitrogens with zero attached hydrogens (tertiary/aromatic N) is 1. The molecule has 1 aliphatic rings. The van der Waals surface area contributed by atoms with Gasteiger partial charge in [0.15, 0.2) is 0 Å². The maximum absolute atomic E-state index is 5.01. The lowest BCUT2D eigenvalue weighted by atomic mass is 10.1. The van der Waals surface area contributed by atoms with Crippen molar-refractivity contribution in [1.29, 1.82) is 0 Å². The average Bonchev–Trinajstić information content (AvgIpc) is 3.11. The first kappa shape index (κ1) is 14.9. The molecule has 0 radical (unpaired) electrons. The van der Waals surface area contributed by atoms with Crippen molar-refractivity contribution < 1.29 is 4.74 Å². The van der Waals surface area contributed by atoms with Gasteiger partial charge in [-0.05, 0) is 51.2 Å². The van der Waals surface area contributed by atoms with Gasteiger partial charge in [0.25, 0.3) is 0 Å². The molecule has 1 aliphatic carbocycles. The number of ether oxygens (including phenoxy) is 1. The molecule has 0 aliphatic heterocycles. The Morgan fingerprint density at radius 3 is 2.59 bits per heavy atom. The minimum Gasteiger partial charge on any atom is -0.383 e.